The average molecular weight is 450 g/mol. The van der Waals surface area contributed by atoms with Crippen LogP contribution in [-0.4, -0.2) is 53.0 Å². The number of aromatic nitrogens is 2. The predicted octanol–water partition coefficient (Wildman–Crippen LogP) is 3.76. The molecule has 0 atom stereocenters. The molecule has 0 bridgehead atoms. The molecule has 0 aromatic carbocycles. The van der Waals surface area contributed by atoms with Crippen LogP contribution in [0.1, 0.15) is 60.1 Å². The van der Waals surface area contributed by atoms with Gasteiger partial charge in [0.05, 0.1) is 24.1 Å². The highest BCUT2D eigenvalue weighted by molar-refractivity contribution is 7.17. The molecule has 0 saturated carbocycles. The van der Waals surface area contributed by atoms with E-state index < -0.39 is 11.6 Å². The molecule has 2 aromatic heterocycles. The first-order valence-electron chi connectivity index (χ1n) is 11.1. The van der Waals surface area contributed by atoms with Crippen LogP contribution in [0.15, 0.2) is 12.3 Å². The fourth-order valence-electron chi connectivity index (χ4n) is 4.41. The number of carbonyl (C=O) groups excluding carboxylic acids is 1. The molecule has 2 aromatic rings. The van der Waals surface area contributed by atoms with E-state index in [1.54, 1.807) is 0 Å². The summed E-state index contributed by atoms with van der Waals surface area (Å²) < 4.78 is 26.8. The molecule has 168 valence electrons. The van der Waals surface area contributed by atoms with E-state index in [4.69, 9.17) is 4.98 Å². The van der Waals surface area contributed by atoms with E-state index in [0.717, 1.165) is 49.0 Å². The molecule has 9 heteroatoms. The lowest BCUT2D eigenvalue weighted by molar-refractivity contribution is 0.0953. The van der Waals surface area contributed by atoms with Crippen molar-refractivity contribution in [3.8, 4) is 0 Å². The van der Waals surface area contributed by atoms with E-state index >= 15 is 0 Å². The van der Waals surface area contributed by atoms with Gasteiger partial charge in [-0.05, 0) is 45.2 Å². The highest BCUT2D eigenvalue weighted by Gasteiger charge is 2.28. The third-order valence-corrected chi connectivity index (χ3v) is 7.33. The zero-order valence-electron chi connectivity index (χ0n) is 17.9. The maximum absolute atomic E-state index is 13.8. The second kappa shape index (κ2) is 9.99. The van der Waals surface area contributed by atoms with Crippen molar-refractivity contribution in [3.63, 3.8) is 0 Å². The van der Waals surface area contributed by atoms with Crippen LogP contribution in [0.3, 0.4) is 0 Å². The number of anilines is 1. The minimum atomic E-state index is -0.766. The Kier molecular flexibility index (Phi) is 7.12. The molecule has 4 rings (SSSR count). The Hall–Kier alpha value is -2.13. The molecule has 0 spiro atoms. The molecule has 2 fully saturated rings. The fraction of sp³-hybridized carbons (Fsp3) is 0.591. The second-order valence-electron chi connectivity index (χ2n) is 8.21. The van der Waals surface area contributed by atoms with Crippen molar-refractivity contribution in [2.45, 2.75) is 58.0 Å². The van der Waals surface area contributed by atoms with Gasteiger partial charge in [0.2, 0.25) is 0 Å². The second-order valence-corrected chi connectivity index (χ2v) is 9.18. The summed E-state index contributed by atoms with van der Waals surface area (Å²) >= 11 is 1.39. The molecule has 4 heterocycles. The number of nitrogens with zero attached hydrogens (tertiary/aromatic N) is 4. The van der Waals surface area contributed by atoms with Crippen molar-refractivity contribution in [3.05, 3.63) is 40.2 Å². The van der Waals surface area contributed by atoms with Crippen molar-refractivity contribution in [2.24, 2.45) is 0 Å². The number of aryl methyl sites for hydroxylation is 1. The molecule has 31 heavy (non-hydrogen) atoms. The standard InChI is InChI=1S/C22H29F2N5OS/c1-2-18-20(21(30)26-14-19-17(24)12-15(23)13-25-19)31-22(27-18)29-10-6-16(7-11-29)28-8-4-3-5-9-28/h12-13,16H,2-11,14H2,1H3,(H,26,30). The van der Waals surface area contributed by atoms with Gasteiger partial charge in [-0.3, -0.25) is 9.78 Å². The Morgan fingerprint density at radius 3 is 2.58 bits per heavy atom. The SMILES string of the molecule is CCc1nc(N2CCC(N3CCCCC3)CC2)sc1C(=O)NCc1ncc(F)cc1F. The normalized spacial score (nSPS) is 18.4. The van der Waals surface area contributed by atoms with Crippen molar-refractivity contribution in [1.82, 2.24) is 20.2 Å². The summed E-state index contributed by atoms with van der Waals surface area (Å²) in [6.07, 6.45) is 7.80. The summed E-state index contributed by atoms with van der Waals surface area (Å²) in [5, 5.41) is 3.58. The summed E-state index contributed by atoms with van der Waals surface area (Å²) in [7, 11) is 0. The van der Waals surface area contributed by atoms with E-state index in [9.17, 15) is 13.6 Å². The van der Waals surface area contributed by atoms with Crippen LogP contribution in [-0.2, 0) is 13.0 Å². The van der Waals surface area contributed by atoms with Crippen molar-refractivity contribution >= 4 is 22.4 Å². The quantitative estimate of drug-likeness (QED) is 0.728. The van der Waals surface area contributed by atoms with Crippen LogP contribution >= 0.6 is 11.3 Å². The summed E-state index contributed by atoms with van der Waals surface area (Å²) in [6.45, 7) is 6.21. The zero-order valence-corrected chi connectivity index (χ0v) is 18.7. The van der Waals surface area contributed by atoms with Crippen molar-refractivity contribution in [2.75, 3.05) is 31.1 Å². The van der Waals surface area contributed by atoms with Gasteiger partial charge < -0.3 is 15.1 Å². The number of hydrogen-bond donors (Lipinski definition) is 1. The smallest absolute Gasteiger partial charge is 0.263 e. The summed E-state index contributed by atoms with van der Waals surface area (Å²) in [6, 6.07) is 1.42. The molecular weight excluding hydrogens is 420 g/mol. The van der Waals surface area contributed by atoms with E-state index in [-0.39, 0.29) is 18.1 Å². The number of nitrogens with one attached hydrogen (secondary N) is 1. The average Bonchev–Trinajstić information content (AvgIpc) is 3.24. The van der Waals surface area contributed by atoms with Gasteiger partial charge in [0, 0.05) is 25.2 Å². The monoisotopic (exact) mass is 449 g/mol. The third-order valence-electron chi connectivity index (χ3n) is 6.17. The molecule has 2 aliphatic heterocycles. The number of pyridine rings is 1. The molecule has 6 nitrogen and oxygen atoms in total. The minimum Gasteiger partial charge on any atom is -0.348 e. The van der Waals surface area contributed by atoms with Gasteiger partial charge in [0.25, 0.3) is 5.91 Å². The Morgan fingerprint density at radius 2 is 1.90 bits per heavy atom. The lowest BCUT2D eigenvalue weighted by Crippen LogP contribution is -2.46. The summed E-state index contributed by atoms with van der Waals surface area (Å²) in [5.74, 6) is -1.80. The highest BCUT2D eigenvalue weighted by Crippen LogP contribution is 2.30. The zero-order chi connectivity index (χ0) is 21.8. The highest BCUT2D eigenvalue weighted by atomic mass is 32.1. The number of likely N-dealkylation sites (tertiary alicyclic amines) is 1. The van der Waals surface area contributed by atoms with E-state index in [0.29, 0.717) is 17.3 Å². The van der Waals surface area contributed by atoms with E-state index in [1.165, 1.54) is 43.7 Å². The maximum Gasteiger partial charge on any atom is 0.263 e. The Bertz CT molecular complexity index is 907. The van der Waals surface area contributed by atoms with Gasteiger partial charge in [-0.25, -0.2) is 13.8 Å². The van der Waals surface area contributed by atoms with Crippen LogP contribution in [0, 0.1) is 11.6 Å². The molecule has 0 radical (unpaired) electrons. The van der Waals surface area contributed by atoms with Crippen LogP contribution in [0.2, 0.25) is 0 Å². The van der Waals surface area contributed by atoms with Crippen LogP contribution < -0.4 is 10.2 Å². The number of halogens is 2. The van der Waals surface area contributed by atoms with Crippen molar-refractivity contribution < 1.29 is 13.6 Å². The fourth-order valence-corrected chi connectivity index (χ4v) is 5.54. The van der Waals surface area contributed by atoms with E-state index in [1.807, 2.05) is 6.92 Å². The number of hydrogen-bond acceptors (Lipinski definition) is 6. The number of piperidine rings is 2. The molecule has 1 N–H and O–H groups in total. The first-order valence-corrected chi connectivity index (χ1v) is 11.9. The molecule has 0 aliphatic carbocycles. The van der Waals surface area contributed by atoms with Gasteiger partial charge in [-0.1, -0.05) is 24.7 Å². The van der Waals surface area contributed by atoms with Gasteiger partial charge in [-0.15, -0.1) is 0 Å². The van der Waals surface area contributed by atoms with Crippen molar-refractivity contribution in [1.29, 1.82) is 0 Å². The largest absolute Gasteiger partial charge is 0.348 e. The minimum absolute atomic E-state index is 0.0114. The van der Waals surface area contributed by atoms with Crippen LogP contribution in [0.25, 0.3) is 0 Å². The van der Waals surface area contributed by atoms with Crippen LogP contribution in [0.5, 0.6) is 0 Å². The number of thiazole rings is 1. The molecular formula is C22H29F2N5OS. The summed E-state index contributed by atoms with van der Waals surface area (Å²) in [5.41, 5.74) is 0.764. The Labute approximate surface area is 185 Å². The molecule has 2 aliphatic rings. The lowest BCUT2D eigenvalue weighted by atomic mass is 10.0. The maximum atomic E-state index is 13.8. The van der Waals surface area contributed by atoms with E-state index in [2.05, 4.69) is 20.1 Å². The first kappa shape index (κ1) is 22.1. The number of amides is 1. The summed E-state index contributed by atoms with van der Waals surface area (Å²) in [4.78, 5) is 26.7. The van der Waals surface area contributed by atoms with Crippen LogP contribution in [0.4, 0.5) is 13.9 Å². The van der Waals surface area contributed by atoms with Gasteiger partial charge in [-0.2, -0.15) is 0 Å². The van der Waals surface area contributed by atoms with Gasteiger partial charge >= 0.3 is 0 Å². The topological polar surface area (TPSA) is 61.4 Å². The lowest BCUT2D eigenvalue weighted by Gasteiger charge is -2.40. The molecule has 1 amide bonds. The Morgan fingerprint density at radius 1 is 1.16 bits per heavy atom. The third kappa shape index (κ3) is 5.20. The van der Waals surface area contributed by atoms with Gasteiger partial charge in [0.15, 0.2) is 5.13 Å². The van der Waals surface area contributed by atoms with Gasteiger partial charge in [0.1, 0.15) is 16.5 Å². The molecule has 2 saturated heterocycles. The predicted molar refractivity (Wildman–Crippen MR) is 117 cm³/mol. The number of carbonyl (C=O) groups is 1. The first-order chi connectivity index (χ1) is 15.0. The number of rotatable bonds is 6. The Balaban J connectivity index is 1.37. The molecule has 0 unspecified atom stereocenters.